The summed E-state index contributed by atoms with van der Waals surface area (Å²) >= 11 is 0. The van der Waals surface area contributed by atoms with Crippen LogP contribution in [0.25, 0.3) is 0 Å². The van der Waals surface area contributed by atoms with E-state index in [0.29, 0.717) is 24.4 Å². The van der Waals surface area contributed by atoms with Gasteiger partial charge in [0.25, 0.3) is 5.91 Å². The van der Waals surface area contributed by atoms with E-state index in [2.05, 4.69) is 4.98 Å². The Balaban J connectivity index is 1.85. The Morgan fingerprint density at radius 2 is 1.96 bits per heavy atom. The third-order valence-corrected chi connectivity index (χ3v) is 7.48. The molecule has 0 aromatic carbocycles. The van der Waals surface area contributed by atoms with Crippen LogP contribution < -0.4 is 5.56 Å². The molecule has 2 aliphatic rings. The SMILES string of the molecule is CC1(C)CCN(C(=O)c2cc(C3CC3)[nH]c(=O)c2)CCS1(=O)=O. The van der Waals surface area contributed by atoms with Gasteiger partial charge in [-0.15, -0.1) is 0 Å². The molecule has 2 heterocycles. The first kappa shape index (κ1) is 16.2. The van der Waals surface area contributed by atoms with Crippen molar-refractivity contribution in [2.24, 2.45) is 0 Å². The summed E-state index contributed by atoms with van der Waals surface area (Å²) in [5, 5.41) is 0. The number of carbonyl (C=O) groups excluding carboxylic acids is 1. The van der Waals surface area contributed by atoms with E-state index in [9.17, 15) is 18.0 Å². The molecule has 0 atom stereocenters. The molecular weight excluding hydrogens is 316 g/mol. The van der Waals surface area contributed by atoms with Crippen LogP contribution >= 0.6 is 0 Å². The Kier molecular flexibility index (Phi) is 3.86. The van der Waals surface area contributed by atoms with Gasteiger partial charge in [-0.1, -0.05) is 0 Å². The molecule has 1 aliphatic carbocycles. The molecule has 3 rings (SSSR count). The molecule has 1 aliphatic heterocycles. The largest absolute Gasteiger partial charge is 0.338 e. The molecule has 23 heavy (non-hydrogen) atoms. The lowest BCUT2D eigenvalue weighted by molar-refractivity contribution is 0.0764. The van der Waals surface area contributed by atoms with E-state index in [0.717, 1.165) is 18.5 Å². The van der Waals surface area contributed by atoms with Crippen molar-refractivity contribution < 1.29 is 13.2 Å². The van der Waals surface area contributed by atoms with Crippen LogP contribution in [0, 0.1) is 0 Å². The number of rotatable bonds is 2. The van der Waals surface area contributed by atoms with Crippen LogP contribution in [0.15, 0.2) is 16.9 Å². The Labute approximate surface area is 135 Å². The van der Waals surface area contributed by atoms with Crippen LogP contribution in [0.5, 0.6) is 0 Å². The molecule has 1 N–H and O–H groups in total. The van der Waals surface area contributed by atoms with Gasteiger partial charge in [0, 0.05) is 30.4 Å². The second-order valence-electron chi connectivity index (χ2n) is 7.08. The Morgan fingerprint density at radius 3 is 2.61 bits per heavy atom. The van der Waals surface area contributed by atoms with Gasteiger partial charge in [0.15, 0.2) is 9.84 Å². The first-order chi connectivity index (χ1) is 10.7. The lowest BCUT2D eigenvalue weighted by Gasteiger charge is -2.22. The summed E-state index contributed by atoms with van der Waals surface area (Å²) in [7, 11) is -3.23. The van der Waals surface area contributed by atoms with Crippen LogP contribution in [-0.2, 0) is 9.84 Å². The smallest absolute Gasteiger partial charge is 0.254 e. The predicted octanol–water partition coefficient (Wildman–Crippen LogP) is 1.29. The molecule has 1 aromatic heterocycles. The number of nitrogens with zero attached hydrogens (tertiary/aromatic N) is 1. The van der Waals surface area contributed by atoms with E-state index >= 15 is 0 Å². The molecule has 126 valence electrons. The second kappa shape index (κ2) is 5.47. The maximum absolute atomic E-state index is 12.7. The Morgan fingerprint density at radius 1 is 1.26 bits per heavy atom. The zero-order valence-electron chi connectivity index (χ0n) is 13.5. The average Bonchev–Trinajstić information content (AvgIpc) is 3.30. The highest BCUT2D eigenvalue weighted by molar-refractivity contribution is 7.92. The van der Waals surface area contributed by atoms with Gasteiger partial charge < -0.3 is 9.88 Å². The fourth-order valence-electron chi connectivity index (χ4n) is 2.87. The summed E-state index contributed by atoms with van der Waals surface area (Å²) in [6.45, 7) is 3.97. The summed E-state index contributed by atoms with van der Waals surface area (Å²) in [4.78, 5) is 28.8. The molecular formula is C16H22N2O4S. The van der Waals surface area contributed by atoms with Gasteiger partial charge in [-0.3, -0.25) is 9.59 Å². The molecule has 1 amide bonds. The highest BCUT2D eigenvalue weighted by Gasteiger charge is 2.38. The van der Waals surface area contributed by atoms with Crippen molar-refractivity contribution in [1.82, 2.24) is 9.88 Å². The van der Waals surface area contributed by atoms with Crippen LogP contribution in [0.2, 0.25) is 0 Å². The number of amides is 1. The number of aromatic amines is 1. The van der Waals surface area contributed by atoms with Gasteiger partial charge in [-0.05, 0) is 45.1 Å². The summed E-state index contributed by atoms with van der Waals surface area (Å²) in [5.41, 5.74) is 0.886. The number of aromatic nitrogens is 1. The normalized spacial score (nSPS) is 23.3. The fourth-order valence-corrected chi connectivity index (χ4v) is 4.28. The lowest BCUT2D eigenvalue weighted by Crippen LogP contribution is -2.34. The number of sulfone groups is 1. The number of nitrogens with one attached hydrogen (secondary N) is 1. The maximum Gasteiger partial charge on any atom is 0.254 e. The van der Waals surface area contributed by atoms with Crippen molar-refractivity contribution >= 4 is 15.7 Å². The Bertz CT molecular complexity index is 791. The van der Waals surface area contributed by atoms with Crippen LogP contribution in [0.1, 0.15) is 55.1 Å². The van der Waals surface area contributed by atoms with Crippen LogP contribution in [0.3, 0.4) is 0 Å². The average molecular weight is 338 g/mol. The molecule has 1 saturated heterocycles. The van der Waals surface area contributed by atoms with Gasteiger partial charge in [-0.25, -0.2) is 8.42 Å². The van der Waals surface area contributed by atoms with Crippen LogP contribution in [0.4, 0.5) is 0 Å². The molecule has 7 heteroatoms. The predicted molar refractivity (Wildman–Crippen MR) is 87.4 cm³/mol. The highest BCUT2D eigenvalue weighted by Crippen LogP contribution is 2.38. The molecule has 1 aromatic rings. The van der Waals surface area contributed by atoms with E-state index in [-0.39, 0.29) is 23.8 Å². The molecule has 0 bridgehead atoms. The maximum atomic E-state index is 12.7. The van der Waals surface area contributed by atoms with E-state index in [1.165, 1.54) is 6.07 Å². The van der Waals surface area contributed by atoms with Gasteiger partial charge in [0.05, 0.1) is 10.5 Å². The number of hydrogen-bond acceptors (Lipinski definition) is 4. The number of pyridine rings is 1. The molecule has 0 spiro atoms. The first-order valence-corrected chi connectivity index (χ1v) is 9.61. The quantitative estimate of drug-likeness (QED) is 0.880. The molecule has 2 fully saturated rings. The zero-order valence-corrected chi connectivity index (χ0v) is 14.3. The topological polar surface area (TPSA) is 87.3 Å². The second-order valence-corrected chi connectivity index (χ2v) is 9.83. The molecule has 0 unspecified atom stereocenters. The van der Waals surface area contributed by atoms with E-state index < -0.39 is 14.6 Å². The number of carbonyl (C=O) groups is 1. The van der Waals surface area contributed by atoms with E-state index in [1.54, 1.807) is 24.8 Å². The first-order valence-electron chi connectivity index (χ1n) is 7.95. The zero-order chi connectivity index (χ0) is 16.8. The number of H-pyrrole nitrogens is 1. The summed E-state index contributed by atoms with van der Waals surface area (Å²) in [5.74, 6) is 0.0505. The fraction of sp³-hybridized carbons (Fsp3) is 0.625. The third kappa shape index (κ3) is 3.20. The minimum atomic E-state index is -3.23. The minimum absolute atomic E-state index is 0.0373. The van der Waals surface area contributed by atoms with E-state index in [1.807, 2.05) is 0 Å². The lowest BCUT2D eigenvalue weighted by atomic mass is 10.1. The van der Waals surface area contributed by atoms with E-state index in [4.69, 9.17) is 0 Å². The van der Waals surface area contributed by atoms with Crippen LogP contribution in [-0.4, -0.2) is 47.8 Å². The van der Waals surface area contributed by atoms with Crippen molar-refractivity contribution in [3.8, 4) is 0 Å². The third-order valence-electron chi connectivity index (χ3n) is 4.87. The summed E-state index contributed by atoms with van der Waals surface area (Å²) in [6, 6.07) is 3.05. The monoisotopic (exact) mass is 338 g/mol. The van der Waals surface area contributed by atoms with Crippen molar-refractivity contribution in [3.05, 3.63) is 33.7 Å². The van der Waals surface area contributed by atoms with Gasteiger partial charge in [0.1, 0.15) is 0 Å². The van der Waals surface area contributed by atoms with Gasteiger partial charge in [0.2, 0.25) is 5.56 Å². The molecule has 0 radical (unpaired) electrons. The van der Waals surface area contributed by atoms with Crippen molar-refractivity contribution in [2.45, 2.75) is 43.8 Å². The van der Waals surface area contributed by atoms with Crippen molar-refractivity contribution in [1.29, 1.82) is 0 Å². The number of hydrogen-bond donors (Lipinski definition) is 1. The molecule has 1 saturated carbocycles. The minimum Gasteiger partial charge on any atom is -0.338 e. The van der Waals surface area contributed by atoms with Crippen molar-refractivity contribution in [3.63, 3.8) is 0 Å². The summed E-state index contributed by atoms with van der Waals surface area (Å²) in [6.07, 6.45) is 2.47. The summed E-state index contributed by atoms with van der Waals surface area (Å²) < 4.78 is 23.7. The Hall–Kier alpha value is -1.63. The molecule has 6 nitrogen and oxygen atoms in total. The van der Waals surface area contributed by atoms with Gasteiger partial charge >= 0.3 is 0 Å². The standard InChI is InChI=1S/C16H22N2O4S/c1-16(2)5-6-18(7-8-23(16,21)22)15(20)12-9-13(11-3-4-11)17-14(19)10-12/h9-11H,3-8H2,1-2H3,(H,17,19). The highest BCUT2D eigenvalue weighted by atomic mass is 32.2. The van der Waals surface area contributed by atoms with Gasteiger partial charge in [-0.2, -0.15) is 0 Å². The van der Waals surface area contributed by atoms with Crippen molar-refractivity contribution in [2.75, 3.05) is 18.8 Å².